The molecule has 0 spiro atoms. The number of nitrogens with zero attached hydrogens (tertiary/aromatic N) is 1. The van der Waals surface area contributed by atoms with E-state index in [-0.39, 0.29) is 4.64 Å². The first-order valence-corrected chi connectivity index (χ1v) is 19.2. The second-order valence-corrected chi connectivity index (χ2v) is 18.7. The second kappa shape index (κ2) is 14.7. The number of hydrogen-bond acceptors (Lipinski definition) is 12. The number of ether oxygens (including phenoxy) is 3. The van der Waals surface area contributed by atoms with Crippen molar-refractivity contribution >= 4 is 58.4 Å². The van der Waals surface area contributed by atoms with Gasteiger partial charge in [0.2, 0.25) is 0 Å². The summed E-state index contributed by atoms with van der Waals surface area (Å²) in [7, 11) is -14.4. The van der Waals surface area contributed by atoms with Crippen molar-refractivity contribution in [1.82, 2.24) is 9.55 Å². The van der Waals surface area contributed by atoms with Crippen LogP contribution in [0.1, 0.15) is 28.8 Å². The van der Waals surface area contributed by atoms with Crippen LogP contribution >= 0.6 is 58.4 Å². The van der Waals surface area contributed by atoms with Crippen molar-refractivity contribution in [2.45, 2.75) is 34.3 Å². The van der Waals surface area contributed by atoms with Crippen LogP contribution in [0.25, 0.3) is 0 Å². The van der Waals surface area contributed by atoms with E-state index in [2.05, 4.69) is 13.8 Å². The van der Waals surface area contributed by atoms with Gasteiger partial charge in [-0.25, -0.2) is 13.7 Å². The van der Waals surface area contributed by atoms with E-state index in [1.165, 1.54) is 20.4 Å². The molecule has 1 fully saturated rings. The Labute approximate surface area is 286 Å². The topological polar surface area (TPSA) is 257 Å². The van der Waals surface area contributed by atoms with E-state index >= 15 is 0 Å². The number of nitrogens with one attached hydrogen (secondary N) is 1. The van der Waals surface area contributed by atoms with Gasteiger partial charge in [-0.1, -0.05) is 59.7 Å². The first-order valence-electron chi connectivity index (χ1n) is 13.3. The van der Waals surface area contributed by atoms with Gasteiger partial charge in [0.15, 0.2) is 6.23 Å². The number of aromatic amines is 1. The molecule has 4 rings (SSSR count). The third kappa shape index (κ3) is 8.16. The predicted octanol–water partition coefficient (Wildman–Crippen LogP) is 3.31. The molecule has 1 aromatic heterocycles. The van der Waals surface area contributed by atoms with Crippen molar-refractivity contribution < 1.29 is 66.5 Å². The minimum absolute atomic E-state index is 0.0394. The van der Waals surface area contributed by atoms with E-state index in [0.717, 1.165) is 15.7 Å². The van der Waals surface area contributed by atoms with Crippen LogP contribution < -0.4 is 15.2 Å². The van der Waals surface area contributed by atoms with Crippen LogP contribution in [0.15, 0.2) is 59.5 Å². The average Bonchev–Trinajstić information content (AvgIpc) is 3.29. The van der Waals surface area contributed by atoms with Gasteiger partial charge in [0.05, 0.1) is 20.8 Å². The fourth-order valence-corrected chi connectivity index (χ4v) is 9.18. The van der Waals surface area contributed by atoms with Crippen LogP contribution in [0.3, 0.4) is 0 Å². The molecule has 2 unspecified atom stereocenters. The molecule has 0 saturated carbocycles. The van der Waals surface area contributed by atoms with Crippen LogP contribution in [0.2, 0.25) is 0 Å². The Morgan fingerprint density at radius 3 is 1.90 bits per heavy atom. The van der Waals surface area contributed by atoms with Gasteiger partial charge in [0, 0.05) is 17.7 Å². The summed E-state index contributed by atoms with van der Waals surface area (Å²) in [5.74, 6) is 0.562. The second-order valence-electron chi connectivity index (χ2n) is 10.2. The Morgan fingerprint density at radius 1 is 0.938 bits per heavy atom. The third-order valence-corrected chi connectivity index (χ3v) is 15.2. The summed E-state index contributed by atoms with van der Waals surface area (Å²) in [6, 6.07) is 14.1. The first-order chi connectivity index (χ1) is 22.2. The molecule has 48 heavy (non-hydrogen) atoms. The number of H-pyrrole nitrogens is 1. The highest BCUT2D eigenvalue weighted by Crippen LogP contribution is 2.79. The summed E-state index contributed by atoms with van der Waals surface area (Å²) in [6.07, 6.45) is -5.69. The molecule has 23 heteroatoms. The number of phosphoric ester groups is 1. The van der Waals surface area contributed by atoms with E-state index < -0.39 is 69.6 Å². The van der Waals surface area contributed by atoms with Gasteiger partial charge >= 0.3 is 32.5 Å². The number of phosphoric acid groups is 1. The predicted molar refractivity (Wildman–Crippen MR) is 172 cm³/mol. The fourth-order valence-electron chi connectivity index (χ4n) is 4.68. The number of benzene rings is 2. The molecule has 2 heterocycles. The lowest BCUT2D eigenvalue weighted by atomic mass is 9.86. The van der Waals surface area contributed by atoms with Crippen LogP contribution in [-0.2, 0) is 27.3 Å². The minimum Gasteiger partial charge on any atom is -0.497 e. The van der Waals surface area contributed by atoms with Crippen LogP contribution in [0.4, 0.5) is 0 Å². The van der Waals surface area contributed by atoms with Gasteiger partial charge < -0.3 is 44.0 Å². The van der Waals surface area contributed by atoms with Crippen molar-refractivity contribution in [2.24, 2.45) is 0 Å². The average molecular weight is 793 g/mol. The monoisotopic (exact) mass is 792 g/mol. The summed E-state index contributed by atoms with van der Waals surface area (Å²) in [4.78, 5) is 53.7. The number of aliphatic hydroxyl groups is 2. The largest absolute Gasteiger partial charge is 0.497 e. The lowest BCUT2D eigenvalue weighted by molar-refractivity contribution is -0.0542. The van der Waals surface area contributed by atoms with E-state index in [4.69, 9.17) is 59.4 Å². The molecule has 6 atom stereocenters. The maximum atomic E-state index is 13.1. The van der Waals surface area contributed by atoms with E-state index in [1.807, 2.05) is 0 Å². The van der Waals surface area contributed by atoms with E-state index in [0.29, 0.717) is 17.1 Å². The fraction of sp³-hybridized carbons (Fsp3) is 0.360. The standard InChI is InChI=1S/C25H29Cl2N2O15P3S/c1-40-15-7-3-13(4-8-15)19(14-5-9-16(41-2)10-6-14)17-11-29(24(32)28-22(17)48)23-21(31)20(30)18(43-23)12-42-47(38,39)44-46(36,37)25(26,27)45(33,34)35/h3-11,18-21,23,30-31H,12H2,1-2H3,(H,36,37)(H,38,39)(H,28,32,48)(H2,33,34,35)/t18-,20-,21-,23-/m1/s1. The molecule has 1 aliphatic rings. The van der Waals surface area contributed by atoms with Gasteiger partial charge in [-0.15, -0.1) is 0 Å². The lowest BCUT2D eigenvalue weighted by Gasteiger charge is -2.26. The maximum absolute atomic E-state index is 13.1. The molecule has 7 N–H and O–H groups in total. The summed E-state index contributed by atoms with van der Waals surface area (Å²) in [5.41, 5.74) is 0.954. The molecular weight excluding hydrogens is 764 g/mol. The number of alkyl halides is 2. The number of aliphatic hydroxyl groups excluding tert-OH is 2. The van der Waals surface area contributed by atoms with Crippen molar-refractivity contribution in [3.63, 3.8) is 0 Å². The van der Waals surface area contributed by atoms with Gasteiger partial charge in [-0.05, 0) is 35.4 Å². The Morgan fingerprint density at radius 2 is 1.44 bits per heavy atom. The van der Waals surface area contributed by atoms with Gasteiger partial charge in [0.25, 0.3) is 0 Å². The highest BCUT2D eigenvalue weighted by molar-refractivity contribution is 7.81. The normalized spacial score (nSPS) is 22.6. The zero-order chi connectivity index (χ0) is 35.8. The molecule has 17 nitrogen and oxygen atoms in total. The zero-order valence-corrected chi connectivity index (χ0v) is 29.6. The molecule has 1 aliphatic heterocycles. The van der Waals surface area contributed by atoms with Crippen molar-refractivity contribution in [2.75, 3.05) is 20.8 Å². The summed E-state index contributed by atoms with van der Waals surface area (Å²) < 4.78 is 57.9. The number of aromatic nitrogens is 2. The summed E-state index contributed by atoms with van der Waals surface area (Å²) in [6.45, 7) is -1.11. The Kier molecular flexibility index (Phi) is 11.9. The Hall–Kier alpha value is -1.95. The van der Waals surface area contributed by atoms with Crippen molar-refractivity contribution in [1.29, 1.82) is 0 Å². The molecule has 0 radical (unpaired) electrons. The van der Waals surface area contributed by atoms with Gasteiger partial charge in [-0.3, -0.25) is 23.2 Å². The highest BCUT2D eigenvalue weighted by atomic mass is 35.5. The summed E-state index contributed by atoms with van der Waals surface area (Å²) >= 11 is 16.0. The quantitative estimate of drug-likeness (QED) is 0.0744. The maximum Gasteiger partial charge on any atom is 0.479 e. The number of halogens is 2. The molecule has 1 saturated heterocycles. The smallest absolute Gasteiger partial charge is 0.479 e. The number of rotatable bonds is 13. The Balaban J connectivity index is 1.64. The van der Waals surface area contributed by atoms with E-state index in [9.17, 15) is 38.5 Å². The number of hydrogen-bond donors (Lipinski definition) is 7. The summed E-state index contributed by atoms with van der Waals surface area (Å²) in [5, 5.41) is 21.5. The molecule has 0 aliphatic carbocycles. The van der Waals surface area contributed by atoms with Crippen LogP contribution in [-0.4, -0.2) is 82.3 Å². The van der Waals surface area contributed by atoms with Crippen molar-refractivity contribution in [3.05, 3.63) is 86.5 Å². The highest BCUT2D eigenvalue weighted by Gasteiger charge is 2.62. The van der Waals surface area contributed by atoms with E-state index in [1.54, 1.807) is 48.5 Å². The lowest BCUT2D eigenvalue weighted by Crippen LogP contribution is -2.36. The van der Waals surface area contributed by atoms with Gasteiger partial charge in [0.1, 0.15) is 34.5 Å². The van der Waals surface area contributed by atoms with Crippen molar-refractivity contribution in [3.8, 4) is 11.5 Å². The molecular formula is C25H29Cl2N2O15P3S. The minimum atomic E-state index is -5.97. The van der Waals surface area contributed by atoms with Crippen LogP contribution in [0, 0.1) is 4.64 Å². The molecule has 264 valence electrons. The van der Waals surface area contributed by atoms with Gasteiger partial charge in [-0.2, -0.15) is 0 Å². The van der Waals surface area contributed by atoms with Crippen LogP contribution in [0.5, 0.6) is 11.5 Å². The third-order valence-electron chi connectivity index (χ3n) is 7.12. The SMILES string of the molecule is COc1ccc(C(c2ccc(OC)cc2)c2cn([C@@H]3O[C@H](COP(=O)(O)OP(=O)(O)C(Cl)(Cl)P(=O)(O)O)[C@@H](O)[C@H]3O)c(=O)[nH]c2=S)cc1. The Bertz CT molecular complexity index is 1840. The first kappa shape index (κ1) is 38.8. The molecule has 0 bridgehead atoms. The molecule has 2 aromatic carbocycles. The number of methoxy groups -OCH3 is 2. The molecule has 3 aromatic rings. The molecule has 0 amide bonds. The zero-order valence-electron chi connectivity index (χ0n) is 24.6.